The number of aromatic nitrogens is 2. The van der Waals surface area contributed by atoms with Crippen molar-refractivity contribution in [2.75, 3.05) is 0 Å². The number of rotatable bonds is 2. The molecule has 1 heterocycles. The Kier molecular flexibility index (Phi) is 2.22. The molecule has 1 aromatic heterocycles. The highest BCUT2D eigenvalue weighted by Crippen LogP contribution is 2.09. The van der Waals surface area contributed by atoms with Crippen LogP contribution in [-0.4, -0.2) is 9.89 Å². The van der Waals surface area contributed by atoms with Crippen LogP contribution in [0.25, 0.3) is 0 Å². The van der Waals surface area contributed by atoms with Gasteiger partial charge in [-0.05, 0) is 17.4 Å². The highest BCUT2D eigenvalue weighted by Gasteiger charge is 1.88. The second-order valence-electron chi connectivity index (χ2n) is 2.66. The molecule has 0 aliphatic rings. The molecular formula is C9H8N4O. The molecule has 70 valence electrons. The Hall–Kier alpha value is -2.17. The number of hydrogen-bond acceptors (Lipinski definition) is 3. The van der Waals surface area contributed by atoms with Crippen LogP contribution in [0.3, 0.4) is 0 Å². The molecule has 0 aliphatic carbocycles. The Morgan fingerprint density at radius 1 is 1.14 bits per heavy atom. The number of nitrogens with zero attached hydrogens (tertiary/aromatic N) is 3. The zero-order valence-corrected chi connectivity index (χ0v) is 7.29. The van der Waals surface area contributed by atoms with Crippen molar-refractivity contribution in [2.45, 2.75) is 0 Å². The van der Waals surface area contributed by atoms with Crippen LogP contribution in [0.4, 0.5) is 5.69 Å². The first-order valence-electron chi connectivity index (χ1n) is 4.09. The van der Waals surface area contributed by atoms with Gasteiger partial charge in [0.15, 0.2) is 0 Å². The summed E-state index contributed by atoms with van der Waals surface area (Å²) in [6, 6.07) is 10.7. The fourth-order valence-corrected chi connectivity index (χ4v) is 0.972. The van der Waals surface area contributed by atoms with Crippen LogP contribution in [0.5, 0.6) is 0 Å². The first-order valence-corrected chi connectivity index (χ1v) is 4.09. The SMILES string of the molecule is O=c1ccn(N=Nc2ccccc2)[nH]1. The van der Waals surface area contributed by atoms with E-state index < -0.39 is 0 Å². The zero-order valence-electron chi connectivity index (χ0n) is 7.29. The van der Waals surface area contributed by atoms with E-state index in [1.165, 1.54) is 17.1 Å². The van der Waals surface area contributed by atoms with E-state index in [9.17, 15) is 4.79 Å². The molecule has 1 aromatic carbocycles. The summed E-state index contributed by atoms with van der Waals surface area (Å²) in [4.78, 5) is 12.0. The van der Waals surface area contributed by atoms with Crippen molar-refractivity contribution < 1.29 is 0 Å². The number of benzene rings is 1. The van der Waals surface area contributed by atoms with Gasteiger partial charge in [0, 0.05) is 6.07 Å². The number of H-pyrrole nitrogens is 1. The van der Waals surface area contributed by atoms with Gasteiger partial charge in [0.25, 0.3) is 5.56 Å². The lowest BCUT2D eigenvalue weighted by Gasteiger charge is -1.90. The van der Waals surface area contributed by atoms with Gasteiger partial charge in [-0.1, -0.05) is 18.2 Å². The Bertz CT molecular complexity index is 483. The molecule has 0 unspecified atom stereocenters. The molecule has 1 N–H and O–H groups in total. The fraction of sp³-hybridized carbons (Fsp3) is 0. The molecule has 0 amide bonds. The van der Waals surface area contributed by atoms with Gasteiger partial charge in [-0.25, -0.2) is 5.10 Å². The van der Waals surface area contributed by atoms with Gasteiger partial charge in [-0.2, -0.15) is 4.79 Å². The third kappa shape index (κ3) is 1.95. The third-order valence-corrected chi connectivity index (χ3v) is 1.60. The van der Waals surface area contributed by atoms with E-state index >= 15 is 0 Å². The Morgan fingerprint density at radius 2 is 1.93 bits per heavy atom. The molecule has 14 heavy (non-hydrogen) atoms. The van der Waals surface area contributed by atoms with Gasteiger partial charge >= 0.3 is 0 Å². The van der Waals surface area contributed by atoms with E-state index in [-0.39, 0.29) is 5.56 Å². The van der Waals surface area contributed by atoms with Crippen LogP contribution in [0.2, 0.25) is 0 Å². The average Bonchev–Trinajstić information content (AvgIpc) is 2.63. The monoisotopic (exact) mass is 188 g/mol. The van der Waals surface area contributed by atoms with E-state index in [1.807, 2.05) is 30.3 Å². The third-order valence-electron chi connectivity index (χ3n) is 1.60. The maximum atomic E-state index is 10.7. The maximum Gasteiger partial charge on any atom is 0.265 e. The lowest BCUT2D eigenvalue weighted by Crippen LogP contribution is -1.99. The molecule has 0 bridgehead atoms. The molecule has 0 fully saturated rings. The van der Waals surface area contributed by atoms with Crippen molar-refractivity contribution in [2.24, 2.45) is 10.3 Å². The van der Waals surface area contributed by atoms with Crippen LogP contribution in [0.1, 0.15) is 0 Å². The maximum absolute atomic E-state index is 10.7. The fourth-order valence-electron chi connectivity index (χ4n) is 0.972. The van der Waals surface area contributed by atoms with Gasteiger partial charge in [0.1, 0.15) is 0 Å². The van der Waals surface area contributed by atoms with E-state index in [0.29, 0.717) is 0 Å². The largest absolute Gasteiger partial charge is 0.268 e. The molecule has 0 atom stereocenters. The molecule has 0 spiro atoms. The van der Waals surface area contributed by atoms with Crippen LogP contribution in [0, 0.1) is 0 Å². The van der Waals surface area contributed by atoms with Gasteiger partial charge in [-0.15, -0.1) is 5.11 Å². The van der Waals surface area contributed by atoms with E-state index in [0.717, 1.165) is 5.69 Å². The lowest BCUT2D eigenvalue weighted by molar-refractivity contribution is 0.684. The molecule has 2 aromatic rings. The van der Waals surface area contributed by atoms with Gasteiger partial charge in [0.05, 0.1) is 11.9 Å². The van der Waals surface area contributed by atoms with E-state index in [2.05, 4.69) is 15.4 Å². The smallest absolute Gasteiger partial charge is 0.265 e. The first-order chi connectivity index (χ1) is 6.84. The van der Waals surface area contributed by atoms with Crippen molar-refractivity contribution in [3.63, 3.8) is 0 Å². The quantitative estimate of drug-likeness (QED) is 0.716. The normalized spacial score (nSPS) is 10.9. The van der Waals surface area contributed by atoms with Crippen molar-refractivity contribution in [3.05, 3.63) is 52.9 Å². The van der Waals surface area contributed by atoms with Gasteiger partial charge in [-0.3, -0.25) is 4.79 Å². The lowest BCUT2D eigenvalue weighted by atomic mass is 10.3. The summed E-state index contributed by atoms with van der Waals surface area (Å²) in [7, 11) is 0. The summed E-state index contributed by atoms with van der Waals surface area (Å²) in [5, 5.41) is 10.1. The van der Waals surface area contributed by atoms with Crippen LogP contribution in [-0.2, 0) is 0 Å². The number of nitrogens with one attached hydrogen (secondary N) is 1. The summed E-state index contributed by atoms with van der Waals surface area (Å²) < 4.78 is 0. The molecule has 0 aliphatic heterocycles. The van der Waals surface area contributed by atoms with Crippen molar-refractivity contribution in [1.82, 2.24) is 9.89 Å². The molecular weight excluding hydrogens is 180 g/mol. The summed E-state index contributed by atoms with van der Waals surface area (Å²) in [5.74, 6) is 0. The van der Waals surface area contributed by atoms with Gasteiger partial charge in [0.2, 0.25) is 0 Å². The zero-order chi connectivity index (χ0) is 9.80. The summed E-state index contributed by atoms with van der Waals surface area (Å²) >= 11 is 0. The summed E-state index contributed by atoms with van der Waals surface area (Å²) in [5.41, 5.74) is 0.541. The van der Waals surface area contributed by atoms with E-state index in [4.69, 9.17) is 0 Å². The predicted octanol–water partition coefficient (Wildman–Crippen LogP) is 1.72. The standard InChI is InChI=1S/C9H8N4O/c14-9-6-7-13(11-9)12-10-8-4-2-1-3-5-8/h1-7H,(H,11,14). The summed E-state index contributed by atoms with van der Waals surface area (Å²) in [6.45, 7) is 0. The Labute approximate surface area is 79.7 Å². The van der Waals surface area contributed by atoms with Crippen LogP contribution < -0.4 is 5.56 Å². The minimum atomic E-state index is -0.197. The molecule has 0 radical (unpaired) electrons. The molecule has 0 saturated heterocycles. The van der Waals surface area contributed by atoms with Crippen LogP contribution in [0.15, 0.2) is 57.7 Å². The Morgan fingerprint density at radius 3 is 2.57 bits per heavy atom. The highest BCUT2D eigenvalue weighted by atomic mass is 16.1. The average molecular weight is 188 g/mol. The predicted molar refractivity (Wildman–Crippen MR) is 51.4 cm³/mol. The van der Waals surface area contributed by atoms with Crippen molar-refractivity contribution in [3.8, 4) is 0 Å². The van der Waals surface area contributed by atoms with Crippen molar-refractivity contribution in [1.29, 1.82) is 0 Å². The van der Waals surface area contributed by atoms with E-state index in [1.54, 1.807) is 0 Å². The topological polar surface area (TPSA) is 62.5 Å². The molecule has 2 rings (SSSR count). The minimum Gasteiger partial charge on any atom is -0.268 e. The number of aromatic amines is 1. The van der Waals surface area contributed by atoms with Crippen LogP contribution >= 0.6 is 0 Å². The molecule has 5 heteroatoms. The number of hydrogen-bond donors (Lipinski definition) is 1. The second kappa shape index (κ2) is 3.69. The molecule has 5 nitrogen and oxygen atoms in total. The second-order valence-corrected chi connectivity index (χ2v) is 2.66. The van der Waals surface area contributed by atoms with Crippen molar-refractivity contribution >= 4 is 5.69 Å². The minimum absolute atomic E-state index is 0.197. The summed E-state index contributed by atoms with van der Waals surface area (Å²) in [6.07, 6.45) is 1.51. The van der Waals surface area contributed by atoms with Gasteiger partial charge < -0.3 is 0 Å². The Balaban J connectivity index is 2.19. The highest BCUT2D eigenvalue weighted by molar-refractivity contribution is 5.34. The first kappa shape index (κ1) is 8.43. The molecule has 0 saturated carbocycles.